The summed E-state index contributed by atoms with van der Waals surface area (Å²) in [6.45, 7) is 2.31. The summed E-state index contributed by atoms with van der Waals surface area (Å²) >= 11 is 0. The van der Waals surface area contributed by atoms with Crippen molar-refractivity contribution in [2.75, 3.05) is 5.73 Å². The number of carbonyl (C=O) groups is 1. The molecule has 0 aromatic heterocycles. The quantitative estimate of drug-likeness (QED) is 0.737. The van der Waals surface area contributed by atoms with Gasteiger partial charge in [-0.3, -0.25) is 4.79 Å². The maximum Gasteiger partial charge on any atom is 0.251 e. The second-order valence-corrected chi connectivity index (χ2v) is 4.42. The number of nitrogen functional groups attached to an aromatic ring is 1. The monoisotopic (exact) mass is 256 g/mol. The fraction of sp³-hybridized carbons (Fsp3) is 0.133. The lowest BCUT2D eigenvalue weighted by atomic mass is 10.1. The molecular weight excluding hydrogens is 240 g/mol. The number of hydrogen-bond donors (Lipinski definition) is 3. The molecular formula is C15H16N2O2. The van der Waals surface area contributed by atoms with Crippen LogP contribution in [-0.2, 0) is 6.54 Å². The summed E-state index contributed by atoms with van der Waals surface area (Å²) in [5.41, 5.74) is 8.80. The van der Waals surface area contributed by atoms with Gasteiger partial charge in [0, 0.05) is 17.8 Å². The number of aryl methyl sites for hydroxylation is 1. The summed E-state index contributed by atoms with van der Waals surface area (Å²) in [5.74, 6) is 0.0427. The second kappa shape index (κ2) is 5.44. The van der Waals surface area contributed by atoms with Gasteiger partial charge in [0.2, 0.25) is 0 Å². The van der Waals surface area contributed by atoms with Crippen molar-refractivity contribution in [3.05, 3.63) is 59.2 Å². The first-order valence-electron chi connectivity index (χ1n) is 5.98. The lowest BCUT2D eigenvalue weighted by Crippen LogP contribution is -2.22. The maximum absolute atomic E-state index is 11.9. The first-order valence-corrected chi connectivity index (χ1v) is 5.98. The third kappa shape index (κ3) is 3.25. The molecule has 0 aliphatic heterocycles. The van der Waals surface area contributed by atoms with Crippen LogP contribution in [0.25, 0.3) is 0 Å². The minimum atomic E-state index is -0.167. The number of nitrogens with two attached hydrogens (primary N) is 1. The highest BCUT2D eigenvalue weighted by molar-refractivity contribution is 5.95. The van der Waals surface area contributed by atoms with E-state index in [4.69, 9.17) is 10.8 Å². The minimum absolute atomic E-state index is 0.167. The van der Waals surface area contributed by atoms with Crippen molar-refractivity contribution < 1.29 is 9.90 Å². The van der Waals surface area contributed by atoms with Crippen LogP contribution in [0, 0.1) is 6.92 Å². The van der Waals surface area contributed by atoms with Gasteiger partial charge < -0.3 is 16.2 Å². The number of phenols is 1. The molecule has 2 aromatic carbocycles. The fourth-order valence-corrected chi connectivity index (χ4v) is 1.68. The van der Waals surface area contributed by atoms with E-state index in [1.54, 1.807) is 36.4 Å². The molecule has 0 saturated carbocycles. The topological polar surface area (TPSA) is 75.3 Å². The van der Waals surface area contributed by atoms with Crippen molar-refractivity contribution in [2.45, 2.75) is 13.5 Å². The van der Waals surface area contributed by atoms with Gasteiger partial charge in [0.25, 0.3) is 5.91 Å². The Morgan fingerprint density at radius 3 is 2.53 bits per heavy atom. The van der Waals surface area contributed by atoms with Gasteiger partial charge in [-0.05, 0) is 42.3 Å². The molecule has 0 heterocycles. The number of benzene rings is 2. The van der Waals surface area contributed by atoms with Crippen molar-refractivity contribution in [3.63, 3.8) is 0 Å². The minimum Gasteiger partial charge on any atom is -0.508 e. The normalized spacial score (nSPS) is 10.2. The van der Waals surface area contributed by atoms with Gasteiger partial charge in [0.05, 0.1) is 0 Å². The van der Waals surface area contributed by atoms with Crippen molar-refractivity contribution in [2.24, 2.45) is 0 Å². The van der Waals surface area contributed by atoms with Gasteiger partial charge in [-0.15, -0.1) is 0 Å². The van der Waals surface area contributed by atoms with Crippen LogP contribution in [0.2, 0.25) is 0 Å². The summed E-state index contributed by atoms with van der Waals surface area (Å²) < 4.78 is 0. The van der Waals surface area contributed by atoms with E-state index in [0.29, 0.717) is 17.8 Å². The van der Waals surface area contributed by atoms with Gasteiger partial charge in [-0.1, -0.05) is 18.2 Å². The zero-order chi connectivity index (χ0) is 13.8. The van der Waals surface area contributed by atoms with Crippen LogP contribution in [-0.4, -0.2) is 11.0 Å². The molecule has 0 radical (unpaired) electrons. The molecule has 0 bridgehead atoms. The molecule has 4 N–H and O–H groups in total. The molecule has 2 aromatic rings. The SMILES string of the molecule is Cc1ccc(C(=O)NCc2ccc(O)cc2)cc1N. The lowest BCUT2D eigenvalue weighted by molar-refractivity contribution is 0.0951. The van der Waals surface area contributed by atoms with Crippen molar-refractivity contribution in [3.8, 4) is 5.75 Å². The van der Waals surface area contributed by atoms with E-state index in [2.05, 4.69) is 5.32 Å². The van der Waals surface area contributed by atoms with E-state index in [1.165, 1.54) is 0 Å². The van der Waals surface area contributed by atoms with Crippen LogP contribution in [0.4, 0.5) is 5.69 Å². The molecule has 19 heavy (non-hydrogen) atoms. The number of nitrogens with one attached hydrogen (secondary N) is 1. The molecule has 0 fully saturated rings. The van der Waals surface area contributed by atoms with Gasteiger partial charge in [0.15, 0.2) is 0 Å². The molecule has 1 amide bonds. The molecule has 0 saturated heterocycles. The molecule has 0 unspecified atom stereocenters. The zero-order valence-corrected chi connectivity index (χ0v) is 10.7. The van der Waals surface area contributed by atoms with Gasteiger partial charge in [-0.2, -0.15) is 0 Å². The molecule has 4 heteroatoms. The number of anilines is 1. The molecule has 0 aliphatic carbocycles. The number of carbonyl (C=O) groups excluding carboxylic acids is 1. The number of phenolic OH excluding ortho intramolecular Hbond substituents is 1. The molecule has 0 atom stereocenters. The highest BCUT2D eigenvalue weighted by Gasteiger charge is 2.06. The Morgan fingerprint density at radius 2 is 1.89 bits per heavy atom. The van der Waals surface area contributed by atoms with Gasteiger partial charge >= 0.3 is 0 Å². The number of amides is 1. The van der Waals surface area contributed by atoms with Crippen LogP contribution in [0.5, 0.6) is 5.75 Å². The van der Waals surface area contributed by atoms with E-state index >= 15 is 0 Å². The summed E-state index contributed by atoms with van der Waals surface area (Å²) in [5, 5.41) is 12.0. The number of rotatable bonds is 3. The Hall–Kier alpha value is -2.49. The molecule has 98 valence electrons. The van der Waals surface area contributed by atoms with Crippen LogP contribution < -0.4 is 11.1 Å². The Balaban J connectivity index is 2.01. The fourth-order valence-electron chi connectivity index (χ4n) is 1.68. The van der Waals surface area contributed by atoms with Gasteiger partial charge in [-0.25, -0.2) is 0 Å². The van der Waals surface area contributed by atoms with Crippen LogP contribution in [0.1, 0.15) is 21.5 Å². The number of aromatic hydroxyl groups is 1. The Labute approximate surface area is 111 Å². The van der Waals surface area contributed by atoms with E-state index < -0.39 is 0 Å². The summed E-state index contributed by atoms with van der Waals surface area (Å²) in [4.78, 5) is 11.9. The molecule has 2 rings (SSSR count). The van der Waals surface area contributed by atoms with Gasteiger partial charge in [0.1, 0.15) is 5.75 Å². The predicted molar refractivity (Wildman–Crippen MR) is 74.9 cm³/mol. The molecule has 0 spiro atoms. The Bertz CT molecular complexity index is 592. The van der Waals surface area contributed by atoms with E-state index in [-0.39, 0.29) is 11.7 Å². The first-order chi connectivity index (χ1) is 9.06. The van der Waals surface area contributed by atoms with Crippen LogP contribution in [0.3, 0.4) is 0 Å². The van der Waals surface area contributed by atoms with Crippen LogP contribution in [0.15, 0.2) is 42.5 Å². The van der Waals surface area contributed by atoms with E-state index in [9.17, 15) is 4.79 Å². The highest BCUT2D eigenvalue weighted by Crippen LogP contribution is 2.13. The highest BCUT2D eigenvalue weighted by atomic mass is 16.3. The maximum atomic E-state index is 11.9. The molecule has 4 nitrogen and oxygen atoms in total. The second-order valence-electron chi connectivity index (χ2n) is 4.42. The Kier molecular flexibility index (Phi) is 3.71. The van der Waals surface area contributed by atoms with Crippen molar-refractivity contribution in [1.82, 2.24) is 5.32 Å². The van der Waals surface area contributed by atoms with Crippen molar-refractivity contribution >= 4 is 11.6 Å². The zero-order valence-electron chi connectivity index (χ0n) is 10.7. The van der Waals surface area contributed by atoms with Crippen LogP contribution >= 0.6 is 0 Å². The molecule has 0 aliphatic rings. The largest absolute Gasteiger partial charge is 0.508 e. The van der Waals surface area contributed by atoms with E-state index in [1.807, 2.05) is 13.0 Å². The number of hydrogen-bond acceptors (Lipinski definition) is 3. The standard InChI is InChI=1S/C15H16N2O2/c1-10-2-5-12(8-14(10)16)15(19)17-9-11-3-6-13(18)7-4-11/h2-8,18H,9,16H2,1H3,(H,17,19). The average Bonchev–Trinajstić information content (AvgIpc) is 2.41. The van der Waals surface area contributed by atoms with Crippen molar-refractivity contribution in [1.29, 1.82) is 0 Å². The summed E-state index contributed by atoms with van der Waals surface area (Å²) in [6.07, 6.45) is 0. The Morgan fingerprint density at radius 1 is 1.21 bits per heavy atom. The van der Waals surface area contributed by atoms with E-state index in [0.717, 1.165) is 11.1 Å². The first kappa shape index (κ1) is 13.0. The summed E-state index contributed by atoms with van der Waals surface area (Å²) in [6, 6.07) is 11.9. The smallest absolute Gasteiger partial charge is 0.251 e. The third-order valence-electron chi connectivity index (χ3n) is 2.93. The lowest BCUT2D eigenvalue weighted by Gasteiger charge is -2.07. The summed E-state index contributed by atoms with van der Waals surface area (Å²) in [7, 11) is 0. The third-order valence-corrected chi connectivity index (χ3v) is 2.93. The predicted octanol–water partition coefficient (Wildman–Crippen LogP) is 2.21. The average molecular weight is 256 g/mol.